The van der Waals surface area contributed by atoms with Crippen LogP contribution < -0.4 is 0 Å². The van der Waals surface area contributed by atoms with Crippen LogP contribution in [0.15, 0.2) is 207 Å². The first kappa shape index (κ1) is 38.6. The van der Waals surface area contributed by atoms with E-state index in [2.05, 4.69) is 219 Å². The second-order valence-electron chi connectivity index (χ2n) is 18.7. The first-order valence-electron chi connectivity index (χ1n) is 23.4. The summed E-state index contributed by atoms with van der Waals surface area (Å²) in [5, 5.41) is 9.32. The van der Waals surface area contributed by atoms with Crippen LogP contribution in [0.4, 0.5) is 0 Å². The van der Waals surface area contributed by atoms with Gasteiger partial charge in [-0.25, -0.2) is 0 Å². The first-order valence-corrected chi connectivity index (χ1v) is 23.4. The van der Waals surface area contributed by atoms with E-state index in [4.69, 9.17) is 13.3 Å². The van der Waals surface area contributed by atoms with Crippen molar-refractivity contribution in [3.8, 4) is 39.1 Å². The average molecular weight is 874 g/mol. The van der Waals surface area contributed by atoms with E-state index in [0.29, 0.717) is 0 Å². The molecule has 0 N–H and O–H groups in total. The van der Waals surface area contributed by atoms with Crippen molar-refractivity contribution < 1.29 is 13.3 Å². The molecule has 4 heteroatoms. The van der Waals surface area contributed by atoms with E-state index < -0.39 is 0 Å². The molecule has 322 valence electrons. The van der Waals surface area contributed by atoms with Crippen molar-refractivity contribution >= 4 is 87.6 Å². The summed E-state index contributed by atoms with van der Waals surface area (Å²) >= 11 is 0. The fourth-order valence-corrected chi connectivity index (χ4v) is 10.8. The minimum absolute atomic E-state index is 0.793. The normalized spacial score (nSPS) is 12.1. The highest BCUT2D eigenvalue weighted by atomic mass is 16.3. The lowest BCUT2D eigenvalue weighted by molar-refractivity contribution is 0.668. The van der Waals surface area contributed by atoms with Gasteiger partial charge in [0.25, 0.3) is 0 Å². The number of rotatable bonds is 6. The van der Waals surface area contributed by atoms with E-state index in [1.165, 1.54) is 66.3 Å². The van der Waals surface area contributed by atoms with Crippen molar-refractivity contribution in [2.45, 2.75) is 27.2 Å². The van der Waals surface area contributed by atoms with Gasteiger partial charge >= 0.3 is 0 Å². The lowest BCUT2D eigenvalue weighted by atomic mass is 9.95. The van der Waals surface area contributed by atoms with Crippen molar-refractivity contribution in [3.63, 3.8) is 0 Å². The standard InChI is InChI=1S/C64H43NO3/c1-37-12-20-59-51(26-37)54-33-44(16-23-62(54)66-59)41-8-7-9-42(31-41)45-17-24-64-56(34-45)53-30-40(14-22-61(53)68-64)29-47-36-58-49(28-39(47)3)50-32-43(15-19-57(50)65(58)48-10-5-4-6-11-48)46-18-25-63-55(35-46)52-27-38(2)13-21-60(52)67-63/h4-28,30-36H,29H2,1-3H3. The molecular formula is C64H43NO3. The topological polar surface area (TPSA) is 44.4 Å². The van der Waals surface area contributed by atoms with Crippen molar-refractivity contribution in [2.75, 3.05) is 0 Å². The fourth-order valence-electron chi connectivity index (χ4n) is 10.8. The molecule has 14 rings (SSSR count). The Balaban J connectivity index is 0.832. The SMILES string of the molecule is Cc1ccc2oc3ccc(-c4cccc(-c5ccc6oc7ccc(Cc8cc9c(cc8C)c8cc(-c%10ccc%11oc%12ccc(C)cc%12c%11c%10)ccc8n9-c8ccccc8)cc7c6c5)c4)cc3c2c1. The van der Waals surface area contributed by atoms with Gasteiger partial charge in [-0.1, -0.05) is 90.0 Å². The van der Waals surface area contributed by atoms with Gasteiger partial charge < -0.3 is 17.8 Å². The molecule has 0 spiro atoms. The summed E-state index contributed by atoms with van der Waals surface area (Å²) in [6.45, 7) is 6.52. The Hall–Kier alpha value is -8.60. The molecule has 4 heterocycles. The number of nitrogens with zero attached hydrogens (tertiary/aromatic N) is 1. The third-order valence-corrected chi connectivity index (χ3v) is 14.3. The highest BCUT2D eigenvalue weighted by Gasteiger charge is 2.18. The van der Waals surface area contributed by atoms with E-state index in [1.807, 2.05) is 0 Å². The molecule has 0 aliphatic carbocycles. The van der Waals surface area contributed by atoms with Gasteiger partial charge in [-0.2, -0.15) is 0 Å². The summed E-state index contributed by atoms with van der Waals surface area (Å²) in [6.07, 6.45) is 0.793. The van der Waals surface area contributed by atoms with Gasteiger partial charge in [-0.05, 0) is 193 Å². The molecule has 0 fully saturated rings. The maximum atomic E-state index is 6.46. The number of fused-ring (bicyclic) bond motifs is 12. The molecule has 0 atom stereocenters. The number of furan rings is 3. The molecule has 14 aromatic rings. The Morgan fingerprint density at radius 1 is 0.324 bits per heavy atom. The second kappa shape index (κ2) is 14.7. The lowest BCUT2D eigenvalue weighted by Crippen LogP contribution is -1.96. The zero-order valence-corrected chi connectivity index (χ0v) is 37.9. The number of hydrogen-bond donors (Lipinski definition) is 0. The first-order chi connectivity index (χ1) is 33.3. The molecule has 0 saturated carbocycles. The summed E-state index contributed by atoms with van der Waals surface area (Å²) in [6, 6.07) is 70.5. The maximum absolute atomic E-state index is 6.46. The van der Waals surface area contributed by atoms with Crippen LogP contribution in [0.5, 0.6) is 0 Å². The molecule has 0 saturated heterocycles. The van der Waals surface area contributed by atoms with Crippen molar-refractivity contribution in [3.05, 3.63) is 222 Å². The van der Waals surface area contributed by atoms with Gasteiger partial charge in [0, 0.05) is 48.8 Å². The summed E-state index contributed by atoms with van der Waals surface area (Å²) in [5.41, 5.74) is 22.2. The molecule has 0 aliphatic heterocycles. The average Bonchev–Trinajstić information content (AvgIpc) is 4.12. The summed E-state index contributed by atoms with van der Waals surface area (Å²) in [5.74, 6) is 0. The zero-order chi connectivity index (χ0) is 45.2. The van der Waals surface area contributed by atoms with Crippen LogP contribution in [0.25, 0.3) is 127 Å². The Labute approximate surface area is 391 Å². The number of benzene rings is 10. The molecule has 0 aliphatic rings. The van der Waals surface area contributed by atoms with Gasteiger partial charge in [0.15, 0.2) is 0 Å². The van der Waals surface area contributed by atoms with Gasteiger partial charge in [-0.15, -0.1) is 0 Å². The molecule has 4 aromatic heterocycles. The fraction of sp³-hybridized carbons (Fsp3) is 0.0625. The summed E-state index contributed by atoms with van der Waals surface area (Å²) in [4.78, 5) is 0. The quantitative estimate of drug-likeness (QED) is 0.167. The third kappa shape index (κ3) is 6.14. The maximum Gasteiger partial charge on any atom is 0.135 e. The molecule has 0 unspecified atom stereocenters. The van der Waals surface area contributed by atoms with E-state index >= 15 is 0 Å². The molecule has 10 aromatic carbocycles. The molecule has 4 nitrogen and oxygen atoms in total. The van der Waals surface area contributed by atoms with Crippen LogP contribution in [-0.4, -0.2) is 4.57 Å². The Bertz CT molecular complexity index is 4380. The second-order valence-corrected chi connectivity index (χ2v) is 18.7. The third-order valence-electron chi connectivity index (χ3n) is 14.3. The zero-order valence-electron chi connectivity index (χ0n) is 37.9. The molecule has 0 bridgehead atoms. The summed E-state index contributed by atoms with van der Waals surface area (Å²) < 4.78 is 21.3. The van der Waals surface area contributed by atoms with Gasteiger partial charge in [0.1, 0.15) is 33.5 Å². The van der Waals surface area contributed by atoms with Crippen LogP contribution in [0.2, 0.25) is 0 Å². The predicted molar refractivity (Wildman–Crippen MR) is 282 cm³/mol. The van der Waals surface area contributed by atoms with Gasteiger partial charge in [-0.3, -0.25) is 0 Å². The number of hydrogen-bond acceptors (Lipinski definition) is 3. The van der Waals surface area contributed by atoms with Crippen LogP contribution in [-0.2, 0) is 6.42 Å². The van der Waals surface area contributed by atoms with E-state index in [9.17, 15) is 0 Å². The van der Waals surface area contributed by atoms with Crippen LogP contribution in [0.3, 0.4) is 0 Å². The van der Waals surface area contributed by atoms with E-state index in [-0.39, 0.29) is 0 Å². The van der Waals surface area contributed by atoms with Crippen LogP contribution >= 0.6 is 0 Å². The molecule has 68 heavy (non-hydrogen) atoms. The number of para-hydroxylation sites is 1. The van der Waals surface area contributed by atoms with Crippen molar-refractivity contribution in [1.29, 1.82) is 0 Å². The minimum atomic E-state index is 0.793. The van der Waals surface area contributed by atoms with Gasteiger partial charge in [0.05, 0.1) is 11.0 Å². The van der Waals surface area contributed by atoms with Crippen LogP contribution in [0, 0.1) is 20.8 Å². The highest BCUT2D eigenvalue weighted by Crippen LogP contribution is 2.41. The predicted octanol–water partition coefficient (Wildman–Crippen LogP) is 18.0. The van der Waals surface area contributed by atoms with Crippen LogP contribution in [0.1, 0.15) is 27.8 Å². The lowest BCUT2D eigenvalue weighted by Gasteiger charge is -2.11. The van der Waals surface area contributed by atoms with Crippen molar-refractivity contribution in [1.82, 2.24) is 4.57 Å². The van der Waals surface area contributed by atoms with E-state index in [0.717, 1.165) is 94.6 Å². The molecule has 0 radical (unpaired) electrons. The Morgan fingerprint density at radius 3 is 1.32 bits per heavy atom. The smallest absolute Gasteiger partial charge is 0.135 e. The summed E-state index contributed by atoms with van der Waals surface area (Å²) in [7, 11) is 0. The highest BCUT2D eigenvalue weighted by molar-refractivity contribution is 6.12. The minimum Gasteiger partial charge on any atom is -0.456 e. The molecular weight excluding hydrogens is 831 g/mol. The Kier molecular flexibility index (Phi) is 8.36. The number of aryl methyl sites for hydroxylation is 3. The Morgan fingerprint density at radius 2 is 0.765 bits per heavy atom. The monoisotopic (exact) mass is 873 g/mol. The number of aromatic nitrogens is 1. The largest absolute Gasteiger partial charge is 0.456 e. The molecule has 0 amide bonds. The van der Waals surface area contributed by atoms with Crippen molar-refractivity contribution in [2.24, 2.45) is 0 Å². The van der Waals surface area contributed by atoms with E-state index in [1.54, 1.807) is 0 Å². The van der Waals surface area contributed by atoms with Gasteiger partial charge in [0.2, 0.25) is 0 Å².